The van der Waals surface area contributed by atoms with E-state index in [0.29, 0.717) is 18.1 Å². The van der Waals surface area contributed by atoms with Crippen LogP contribution >= 0.6 is 0 Å². The topological polar surface area (TPSA) is 15.3 Å². The summed E-state index contributed by atoms with van der Waals surface area (Å²) in [6.45, 7) is 18.3. The lowest BCUT2D eigenvalue weighted by atomic mass is 10.0. The largest absolute Gasteiger partial charge is 0.313 e. The summed E-state index contributed by atoms with van der Waals surface area (Å²) in [5.74, 6) is 0.821. The van der Waals surface area contributed by atoms with Crippen LogP contribution in [0.1, 0.15) is 61.3 Å². The summed E-state index contributed by atoms with van der Waals surface area (Å²) in [6.07, 6.45) is 2.62. The van der Waals surface area contributed by atoms with E-state index in [-0.39, 0.29) is 0 Å². The standard InChI is InChI=1S/C15H34N2/c1-12(2)8-9-15(7)16-10-11-17(13(3)4)14(5)6/h12-16H,8-11H2,1-7H3. The molecule has 0 fully saturated rings. The molecule has 0 aliphatic rings. The maximum absolute atomic E-state index is 3.64. The molecule has 0 spiro atoms. The number of nitrogens with zero attached hydrogens (tertiary/aromatic N) is 1. The maximum Gasteiger partial charge on any atom is 0.0112 e. The van der Waals surface area contributed by atoms with Crippen LogP contribution in [0.2, 0.25) is 0 Å². The van der Waals surface area contributed by atoms with Gasteiger partial charge in [0.2, 0.25) is 0 Å². The van der Waals surface area contributed by atoms with Gasteiger partial charge in [-0.15, -0.1) is 0 Å². The summed E-state index contributed by atoms with van der Waals surface area (Å²) in [6, 6.07) is 1.93. The highest BCUT2D eigenvalue weighted by atomic mass is 15.2. The van der Waals surface area contributed by atoms with Gasteiger partial charge in [0.05, 0.1) is 0 Å². The SMILES string of the molecule is CC(C)CCC(C)NCCN(C(C)C)C(C)C. The average Bonchev–Trinajstić information content (AvgIpc) is 2.20. The van der Waals surface area contributed by atoms with Gasteiger partial charge in [0.15, 0.2) is 0 Å². The van der Waals surface area contributed by atoms with Crippen LogP contribution < -0.4 is 5.32 Å². The first-order valence-electron chi connectivity index (χ1n) is 7.33. The van der Waals surface area contributed by atoms with Crippen molar-refractivity contribution in [2.45, 2.75) is 79.4 Å². The second-order valence-corrected chi connectivity index (χ2v) is 6.25. The molecule has 17 heavy (non-hydrogen) atoms. The normalized spacial score (nSPS) is 14.3. The second kappa shape index (κ2) is 8.93. The van der Waals surface area contributed by atoms with Crippen molar-refractivity contribution in [2.75, 3.05) is 13.1 Å². The van der Waals surface area contributed by atoms with Crippen molar-refractivity contribution < 1.29 is 0 Å². The van der Waals surface area contributed by atoms with Crippen LogP contribution in [0.3, 0.4) is 0 Å². The molecule has 0 aliphatic carbocycles. The van der Waals surface area contributed by atoms with Gasteiger partial charge in [-0.05, 0) is 53.4 Å². The molecule has 1 N–H and O–H groups in total. The quantitative estimate of drug-likeness (QED) is 0.665. The fraction of sp³-hybridized carbons (Fsp3) is 1.00. The molecule has 0 aromatic carbocycles. The molecule has 104 valence electrons. The molecule has 0 aromatic heterocycles. The van der Waals surface area contributed by atoms with E-state index in [9.17, 15) is 0 Å². The van der Waals surface area contributed by atoms with Crippen LogP contribution in [0.4, 0.5) is 0 Å². The van der Waals surface area contributed by atoms with Crippen molar-refractivity contribution >= 4 is 0 Å². The summed E-state index contributed by atoms with van der Waals surface area (Å²) in [5.41, 5.74) is 0. The fourth-order valence-corrected chi connectivity index (χ4v) is 2.24. The lowest BCUT2D eigenvalue weighted by Gasteiger charge is -2.31. The van der Waals surface area contributed by atoms with Crippen LogP contribution in [-0.4, -0.2) is 36.1 Å². The lowest BCUT2D eigenvalue weighted by molar-refractivity contribution is 0.173. The van der Waals surface area contributed by atoms with E-state index in [1.807, 2.05) is 0 Å². The molecular formula is C15H34N2. The molecule has 0 heterocycles. The molecule has 2 nitrogen and oxygen atoms in total. The minimum Gasteiger partial charge on any atom is -0.313 e. The van der Waals surface area contributed by atoms with Crippen molar-refractivity contribution in [2.24, 2.45) is 5.92 Å². The molecule has 0 radical (unpaired) electrons. The second-order valence-electron chi connectivity index (χ2n) is 6.25. The summed E-state index contributed by atoms with van der Waals surface area (Å²) >= 11 is 0. The minimum absolute atomic E-state index is 0.641. The van der Waals surface area contributed by atoms with E-state index in [2.05, 4.69) is 58.7 Å². The Bertz CT molecular complexity index is 168. The van der Waals surface area contributed by atoms with E-state index in [0.717, 1.165) is 19.0 Å². The molecule has 0 amide bonds. The van der Waals surface area contributed by atoms with Crippen molar-refractivity contribution in [3.8, 4) is 0 Å². The molecule has 0 saturated heterocycles. The molecule has 0 saturated carbocycles. The van der Waals surface area contributed by atoms with Crippen LogP contribution in [0, 0.1) is 5.92 Å². The zero-order valence-electron chi connectivity index (χ0n) is 13.1. The number of hydrogen-bond acceptors (Lipinski definition) is 2. The number of nitrogens with one attached hydrogen (secondary N) is 1. The Morgan fingerprint density at radius 3 is 1.76 bits per heavy atom. The molecule has 1 atom stereocenters. The third kappa shape index (κ3) is 8.62. The summed E-state index contributed by atoms with van der Waals surface area (Å²) < 4.78 is 0. The predicted octanol–water partition coefficient (Wildman–Crippen LogP) is 3.52. The highest BCUT2D eigenvalue weighted by Crippen LogP contribution is 2.07. The van der Waals surface area contributed by atoms with Crippen molar-refractivity contribution in [1.82, 2.24) is 10.2 Å². The molecule has 2 heteroatoms. The van der Waals surface area contributed by atoms with Crippen molar-refractivity contribution in [1.29, 1.82) is 0 Å². The first kappa shape index (κ1) is 16.9. The first-order chi connectivity index (χ1) is 7.84. The minimum atomic E-state index is 0.641. The smallest absolute Gasteiger partial charge is 0.0112 e. The van der Waals surface area contributed by atoms with Crippen LogP contribution in [0.15, 0.2) is 0 Å². The van der Waals surface area contributed by atoms with Gasteiger partial charge in [0, 0.05) is 31.2 Å². The third-order valence-corrected chi connectivity index (χ3v) is 3.37. The van der Waals surface area contributed by atoms with Crippen molar-refractivity contribution in [3.05, 3.63) is 0 Å². The Balaban J connectivity index is 3.73. The Hall–Kier alpha value is -0.0800. The third-order valence-electron chi connectivity index (χ3n) is 3.37. The molecule has 0 rings (SSSR count). The van der Waals surface area contributed by atoms with Crippen LogP contribution in [-0.2, 0) is 0 Å². The Morgan fingerprint density at radius 2 is 1.35 bits per heavy atom. The zero-order valence-corrected chi connectivity index (χ0v) is 13.1. The molecule has 0 bridgehead atoms. The Labute approximate surface area is 109 Å². The fourth-order valence-electron chi connectivity index (χ4n) is 2.24. The zero-order chi connectivity index (χ0) is 13.4. The summed E-state index contributed by atoms with van der Waals surface area (Å²) in [4.78, 5) is 2.54. The van der Waals surface area contributed by atoms with Crippen LogP contribution in [0.25, 0.3) is 0 Å². The lowest BCUT2D eigenvalue weighted by Crippen LogP contribution is -2.42. The van der Waals surface area contributed by atoms with Gasteiger partial charge in [-0.2, -0.15) is 0 Å². The molecule has 0 aliphatic heterocycles. The molecule has 0 aromatic rings. The van der Waals surface area contributed by atoms with Gasteiger partial charge in [0.25, 0.3) is 0 Å². The van der Waals surface area contributed by atoms with E-state index in [1.165, 1.54) is 12.8 Å². The first-order valence-corrected chi connectivity index (χ1v) is 7.33. The number of rotatable bonds is 9. The average molecular weight is 242 g/mol. The van der Waals surface area contributed by atoms with Gasteiger partial charge >= 0.3 is 0 Å². The van der Waals surface area contributed by atoms with Gasteiger partial charge in [-0.25, -0.2) is 0 Å². The summed E-state index contributed by atoms with van der Waals surface area (Å²) in [7, 11) is 0. The predicted molar refractivity (Wildman–Crippen MR) is 78.5 cm³/mol. The van der Waals surface area contributed by atoms with E-state index >= 15 is 0 Å². The van der Waals surface area contributed by atoms with Gasteiger partial charge in [-0.1, -0.05) is 13.8 Å². The van der Waals surface area contributed by atoms with Gasteiger partial charge in [-0.3, -0.25) is 4.90 Å². The Morgan fingerprint density at radius 1 is 0.824 bits per heavy atom. The maximum atomic E-state index is 3.64. The monoisotopic (exact) mass is 242 g/mol. The molecule has 1 unspecified atom stereocenters. The highest BCUT2D eigenvalue weighted by Gasteiger charge is 2.12. The van der Waals surface area contributed by atoms with Crippen LogP contribution in [0.5, 0.6) is 0 Å². The highest BCUT2D eigenvalue weighted by molar-refractivity contribution is 4.70. The Kier molecular flexibility index (Phi) is 8.89. The van der Waals surface area contributed by atoms with E-state index in [1.54, 1.807) is 0 Å². The number of hydrogen-bond donors (Lipinski definition) is 1. The van der Waals surface area contributed by atoms with E-state index < -0.39 is 0 Å². The molecular weight excluding hydrogens is 208 g/mol. The summed E-state index contributed by atoms with van der Waals surface area (Å²) in [5, 5.41) is 3.64. The van der Waals surface area contributed by atoms with Gasteiger partial charge < -0.3 is 5.32 Å². The van der Waals surface area contributed by atoms with Gasteiger partial charge in [0.1, 0.15) is 0 Å². The van der Waals surface area contributed by atoms with E-state index in [4.69, 9.17) is 0 Å². The van der Waals surface area contributed by atoms with Crippen molar-refractivity contribution in [3.63, 3.8) is 0 Å².